The van der Waals surface area contributed by atoms with Gasteiger partial charge >= 0.3 is 5.97 Å². The van der Waals surface area contributed by atoms with Gasteiger partial charge in [-0.3, -0.25) is 14.4 Å². The van der Waals surface area contributed by atoms with Crippen molar-refractivity contribution in [3.05, 3.63) is 72.4 Å². The molecular weight excluding hydrogens is 470 g/mol. The highest BCUT2D eigenvalue weighted by Gasteiger charge is 2.68. The Morgan fingerprint density at radius 3 is 2.51 bits per heavy atom. The van der Waals surface area contributed by atoms with Gasteiger partial charge in [-0.2, -0.15) is 0 Å². The van der Waals surface area contributed by atoms with Gasteiger partial charge in [0.05, 0.1) is 6.10 Å². The summed E-state index contributed by atoms with van der Waals surface area (Å²) in [5.41, 5.74) is -1.55. The van der Waals surface area contributed by atoms with Crippen molar-refractivity contribution in [2.75, 3.05) is 0 Å². The third-order valence-corrected chi connectivity index (χ3v) is 8.53. The molecule has 1 amide bonds. The predicted molar refractivity (Wildman–Crippen MR) is 139 cm³/mol. The van der Waals surface area contributed by atoms with E-state index in [1.165, 1.54) is 26.0 Å². The van der Waals surface area contributed by atoms with Crippen molar-refractivity contribution in [2.24, 2.45) is 29.1 Å². The molecule has 3 aliphatic rings. The van der Waals surface area contributed by atoms with Crippen LogP contribution in [0.5, 0.6) is 0 Å². The Bertz CT molecular complexity index is 1140. The molecule has 7 heteroatoms. The lowest BCUT2D eigenvalue weighted by Crippen LogP contribution is -2.60. The zero-order valence-electron chi connectivity index (χ0n) is 21.9. The van der Waals surface area contributed by atoms with Gasteiger partial charge in [0.15, 0.2) is 5.78 Å². The molecule has 4 rings (SSSR count). The average Bonchev–Trinajstić information content (AvgIpc) is 3.13. The zero-order chi connectivity index (χ0) is 27.1. The Balaban J connectivity index is 1.94. The number of allylic oxidation sites excluding steroid dienone is 1. The third-order valence-electron chi connectivity index (χ3n) is 8.53. The van der Waals surface area contributed by atoms with E-state index in [0.717, 1.165) is 5.56 Å². The fraction of sp³-hybridized carbons (Fsp3) is 0.500. The number of nitrogens with one attached hydrogen (secondary N) is 1. The molecule has 0 bridgehead atoms. The number of hydrogen-bond donors (Lipinski definition) is 3. The van der Waals surface area contributed by atoms with Crippen LogP contribution in [0, 0.1) is 29.1 Å². The molecule has 9 atom stereocenters. The number of aliphatic hydroxyl groups is 2. The standard InChI is InChI=1S/C30H37NO6/c1-17-10-9-13-22-26(33)19(3)18(2)25-23(16-21-11-7-6-8-12-21)31-28(35)30(22,25)24(37-20(4)32)14-15-29(5,36)27(17)34/h6-9,11-15,17-18,22-26,33,36H,3,10,16H2,1-2,4-5H3,(H,31,35)/b13-9+,15-14+/t17-,18+,22-,23-,24-,25-,26+,29+,30+/m0/s1. The number of aliphatic hydroxyl groups excluding tert-OH is 1. The fourth-order valence-corrected chi connectivity index (χ4v) is 6.68. The lowest BCUT2D eigenvalue weighted by atomic mass is 9.51. The van der Waals surface area contributed by atoms with E-state index in [1.54, 1.807) is 19.1 Å². The second-order valence-corrected chi connectivity index (χ2v) is 11.0. The molecule has 1 spiro atoms. The summed E-state index contributed by atoms with van der Waals surface area (Å²) in [6.45, 7) is 10.5. The maximum Gasteiger partial charge on any atom is 0.303 e. The Labute approximate surface area is 218 Å². The van der Waals surface area contributed by atoms with E-state index in [1.807, 2.05) is 37.3 Å². The Morgan fingerprint density at radius 1 is 1.19 bits per heavy atom. The number of ether oxygens (including phenoxy) is 1. The van der Waals surface area contributed by atoms with Crippen molar-refractivity contribution in [3.8, 4) is 0 Å². The van der Waals surface area contributed by atoms with Crippen LogP contribution < -0.4 is 5.32 Å². The molecule has 0 radical (unpaired) electrons. The molecule has 2 aliphatic carbocycles. The maximum atomic E-state index is 14.2. The van der Waals surface area contributed by atoms with Crippen LogP contribution in [0.4, 0.5) is 0 Å². The van der Waals surface area contributed by atoms with Gasteiger partial charge in [0, 0.05) is 30.7 Å². The largest absolute Gasteiger partial charge is 0.457 e. The smallest absolute Gasteiger partial charge is 0.303 e. The van der Waals surface area contributed by atoms with E-state index >= 15 is 0 Å². The van der Waals surface area contributed by atoms with Crippen LogP contribution in [0.25, 0.3) is 0 Å². The van der Waals surface area contributed by atoms with Gasteiger partial charge < -0.3 is 20.3 Å². The summed E-state index contributed by atoms with van der Waals surface area (Å²) < 4.78 is 5.81. The molecule has 1 heterocycles. The van der Waals surface area contributed by atoms with Gasteiger partial charge in [0.1, 0.15) is 17.1 Å². The number of carbonyl (C=O) groups excluding carboxylic acids is 3. The summed E-state index contributed by atoms with van der Waals surface area (Å²) in [5, 5.41) is 25.7. The van der Waals surface area contributed by atoms with Gasteiger partial charge in [-0.15, -0.1) is 0 Å². The first kappa shape index (κ1) is 27.0. The predicted octanol–water partition coefficient (Wildman–Crippen LogP) is 2.92. The Hall–Kier alpha value is -3.03. The summed E-state index contributed by atoms with van der Waals surface area (Å²) in [4.78, 5) is 39.5. The quantitative estimate of drug-likeness (QED) is 0.428. The van der Waals surface area contributed by atoms with E-state index in [2.05, 4.69) is 11.9 Å². The van der Waals surface area contributed by atoms with Gasteiger partial charge in [-0.25, -0.2) is 0 Å². The number of esters is 1. The molecular formula is C30H37NO6. The molecule has 37 heavy (non-hydrogen) atoms. The van der Waals surface area contributed by atoms with E-state index in [-0.39, 0.29) is 23.7 Å². The molecule has 1 aromatic rings. The Morgan fingerprint density at radius 2 is 1.86 bits per heavy atom. The van der Waals surface area contributed by atoms with Crippen LogP contribution >= 0.6 is 0 Å². The molecule has 3 N–H and O–H groups in total. The molecule has 1 saturated carbocycles. The van der Waals surface area contributed by atoms with Crippen molar-refractivity contribution in [2.45, 2.75) is 64.4 Å². The van der Waals surface area contributed by atoms with Crippen LogP contribution in [-0.4, -0.2) is 51.7 Å². The van der Waals surface area contributed by atoms with Crippen molar-refractivity contribution in [1.82, 2.24) is 5.32 Å². The van der Waals surface area contributed by atoms with Crippen molar-refractivity contribution < 1.29 is 29.3 Å². The second-order valence-electron chi connectivity index (χ2n) is 11.0. The second kappa shape index (κ2) is 10.0. The van der Waals surface area contributed by atoms with Gasteiger partial charge in [0.25, 0.3) is 0 Å². The zero-order valence-corrected chi connectivity index (χ0v) is 21.9. The highest BCUT2D eigenvalue weighted by molar-refractivity contribution is 5.91. The average molecular weight is 508 g/mol. The van der Waals surface area contributed by atoms with Crippen LogP contribution in [-0.2, 0) is 25.5 Å². The highest BCUT2D eigenvalue weighted by Crippen LogP contribution is 2.58. The molecule has 1 aromatic carbocycles. The van der Waals surface area contributed by atoms with Gasteiger partial charge in [-0.05, 0) is 49.0 Å². The highest BCUT2D eigenvalue weighted by atomic mass is 16.5. The van der Waals surface area contributed by atoms with Crippen molar-refractivity contribution in [1.29, 1.82) is 0 Å². The molecule has 0 unspecified atom stereocenters. The number of Topliss-reactive ketones (excluding diaryl/α,β-unsaturated/α-hetero) is 1. The molecule has 2 fully saturated rings. The Kier molecular flexibility index (Phi) is 7.32. The first-order valence-corrected chi connectivity index (χ1v) is 12.9. The van der Waals surface area contributed by atoms with Crippen LogP contribution in [0.3, 0.4) is 0 Å². The molecule has 198 valence electrons. The first-order valence-electron chi connectivity index (χ1n) is 12.9. The monoisotopic (exact) mass is 507 g/mol. The number of hydrogen-bond acceptors (Lipinski definition) is 6. The summed E-state index contributed by atoms with van der Waals surface area (Å²) in [6, 6.07) is 9.49. The maximum absolute atomic E-state index is 14.2. The molecule has 7 nitrogen and oxygen atoms in total. The van der Waals surface area contributed by atoms with Crippen LogP contribution in [0.15, 0.2) is 66.8 Å². The molecule has 1 saturated heterocycles. The van der Waals surface area contributed by atoms with Crippen molar-refractivity contribution >= 4 is 17.7 Å². The SMILES string of the molecule is C=C1[C@@H](C)[C@H]2[C@H](Cc3ccccc3)NC(=O)[C@]23[C@@H](OC(C)=O)/C=C/[C@@](C)(O)C(=O)[C@@H](C)C/C=C/[C@H]3[C@@H]1O. The number of amides is 1. The van der Waals surface area contributed by atoms with Gasteiger partial charge in [-0.1, -0.05) is 62.9 Å². The summed E-state index contributed by atoms with van der Waals surface area (Å²) >= 11 is 0. The lowest BCUT2D eigenvalue weighted by Gasteiger charge is -2.52. The van der Waals surface area contributed by atoms with Crippen LogP contribution in [0.2, 0.25) is 0 Å². The normalized spacial score (nSPS) is 41.6. The fourth-order valence-electron chi connectivity index (χ4n) is 6.68. The van der Waals surface area contributed by atoms with E-state index in [0.29, 0.717) is 18.4 Å². The lowest BCUT2D eigenvalue weighted by molar-refractivity contribution is -0.166. The van der Waals surface area contributed by atoms with E-state index in [9.17, 15) is 24.6 Å². The number of benzene rings is 1. The van der Waals surface area contributed by atoms with Crippen molar-refractivity contribution in [3.63, 3.8) is 0 Å². The minimum atomic E-state index is -1.82. The van der Waals surface area contributed by atoms with Gasteiger partial charge in [0.2, 0.25) is 5.91 Å². The minimum Gasteiger partial charge on any atom is -0.457 e. The minimum absolute atomic E-state index is 0.287. The number of carbonyl (C=O) groups is 3. The van der Waals surface area contributed by atoms with E-state index < -0.39 is 46.9 Å². The third kappa shape index (κ3) is 4.59. The number of ketones is 1. The molecule has 1 aliphatic heterocycles. The molecule has 0 aromatic heterocycles. The topological polar surface area (TPSA) is 113 Å². The summed E-state index contributed by atoms with van der Waals surface area (Å²) in [7, 11) is 0. The first-order chi connectivity index (χ1) is 17.4. The summed E-state index contributed by atoms with van der Waals surface area (Å²) in [5.74, 6) is -3.26. The van der Waals surface area contributed by atoms with Crippen LogP contribution in [0.1, 0.15) is 39.7 Å². The number of rotatable bonds is 3. The van der Waals surface area contributed by atoms with E-state index in [4.69, 9.17) is 4.74 Å². The summed E-state index contributed by atoms with van der Waals surface area (Å²) in [6.07, 6.45) is 5.01.